The molecule has 0 radical (unpaired) electrons. The van der Waals surface area contributed by atoms with Gasteiger partial charge in [0.2, 0.25) is 5.95 Å². The van der Waals surface area contributed by atoms with E-state index in [2.05, 4.69) is 16.0 Å². The Bertz CT molecular complexity index is 932. The third kappa shape index (κ3) is 2.33. The van der Waals surface area contributed by atoms with Crippen molar-refractivity contribution in [3.8, 4) is 0 Å². The fourth-order valence-electron chi connectivity index (χ4n) is 3.72. The molecule has 3 heterocycles. The van der Waals surface area contributed by atoms with Crippen LogP contribution < -0.4 is 9.80 Å². The first-order valence-electron chi connectivity index (χ1n) is 8.54. The standard InChI is InChI=1S/C19H18N4O2/c24-19-23(10-11-25-19)17-7-3-4-13-12-22(9-8-14(13)17)18-20-15-5-1-2-6-16(15)21-18/h1-7H,8-12H2,(H,20,21). The van der Waals surface area contributed by atoms with Crippen LogP contribution in [0.2, 0.25) is 0 Å². The van der Waals surface area contributed by atoms with E-state index in [1.807, 2.05) is 36.4 Å². The summed E-state index contributed by atoms with van der Waals surface area (Å²) >= 11 is 0. The molecule has 25 heavy (non-hydrogen) atoms. The van der Waals surface area contributed by atoms with Crippen LogP contribution in [0.25, 0.3) is 11.0 Å². The van der Waals surface area contributed by atoms with Crippen molar-refractivity contribution >= 4 is 28.8 Å². The number of cyclic esters (lactones) is 1. The summed E-state index contributed by atoms with van der Waals surface area (Å²) in [5.74, 6) is 0.901. The Kier molecular flexibility index (Phi) is 3.16. The van der Waals surface area contributed by atoms with Crippen molar-refractivity contribution in [1.29, 1.82) is 0 Å². The van der Waals surface area contributed by atoms with Gasteiger partial charge in [0.1, 0.15) is 6.61 Å². The molecule has 0 atom stereocenters. The summed E-state index contributed by atoms with van der Waals surface area (Å²) in [6.07, 6.45) is 0.639. The molecule has 0 unspecified atom stereocenters. The number of carbonyl (C=O) groups is 1. The highest BCUT2D eigenvalue weighted by Gasteiger charge is 2.28. The maximum atomic E-state index is 11.9. The quantitative estimate of drug-likeness (QED) is 0.782. The van der Waals surface area contributed by atoms with Crippen LogP contribution in [0.1, 0.15) is 11.1 Å². The van der Waals surface area contributed by atoms with Gasteiger partial charge in [-0.3, -0.25) is 4.90 Å². The first-order chi connectivity index (χ1) is 12.3. The fraction of sp³-hybridized carbons (Fsp3) is 0.263. The van der Waals surface area contributed by atoms with Gasteiger partial charge in [-0.05, 0) is 35.7 Å². The Balaban J connectivity index is 1.47. The smallest absolute Gasteiger partial charge is 0.414 e. The minimum atomic E-state index is -0.242. The van der Waals surface area contributed by atoms with E-state index in [-0.39, 0.29) is 6.09 Å². The number of rotatable bonds is 2. The van der Waals surface area contributed by atoms with Gasteiger partial charge in [-0.15, -0.1) is 0 Å². The van der Waals surface area contributed by atoms with Crippen molar-refractivity contribution in [3.05, 3.63) is 53.6 Å². The largest absolute Gasteiger partial charge is 0.447 e. The van der Waals surface area contributed by atoms with Crippen LogP contribution in [0, 0.1) is 0 Å². The van der Waals surface area contributed by atoms with Crippen LogP contribution in [0.3, 0.4) is 0 Å². The number of fused-ring (bicyclic) bond motifs is 2. The molecule has 2 aliphatic heterocycles. The van der Waals surface area contributed by atoms with Gasteiger partial charge in [-0.25, -0.2) is 9.78 Å². The number of amides is 1. The molecule has 2 aromatic carbocycles. The lowest BCUT2D eigenvalue weighted by molar-refractivity contribution is 0.181. The monoisotopic (exact) mass is 334 g/mol. The topological polar surface area (TPSA) is 61.5 Å². The predicted octanol–water partition coefficient (Wildman–Crippen LogP) is 3.08. The minimum absolute atomic E-state index is 0.242. The Labute approximate surface area is 145 Å². The predicted molar refractivity (Wildman–Crippen MR) is 96.0 cm³/mol. The van der Waals surface area contributed by atoms with Gasteiger partial charge in [0, 0.05) is 13.1 Å². The Morgan fingerprint density at radius 2 is 2.00 bits per heavy atom. The molecular formula is C19H18N4O2. The average molecular weight is 334 g/mol. The van der Waals surface area contributed by atoms with Gasteiger partial charge < -0.3 is 14.6 Å². The van der Waals surface area contributed by atoms with Gasteiger partial charge in [0.25, 0.3) is 0 Å². The zero-order valence-electron chi connectivity index (χ0n) is 13.7. The van der Waals surface area contributed by atoms with Crippen LogP contribution in [0.4, 0.5) is 16.4 Å². The van der Waals surface area contributed by atoms with Crippen molar-refractivity contribution in [2.75, 3.05) is 29.5 Å². The van der Waals surface area contributed by atoms with Crippen LogP contribution in [-0.4, -0.2) is 35.8 Å². The molecule has 0 spiro atoms. The van der Waals surface area contributed by atoms with E-state index in [9.17, 15) is 4.79 Å². The second-order valence-corrected chi connectivity index (χ2v) is 6.43. The highest BCUT2D eigenvalue weighted by molar-refractivity contribution is 5.90. The lowest BCUT2D eigenvalue weighted by atomic mass is 9.97. The molecule has 6 nitrogen and oxygen atoms in total. The minimum Gasteiger partial charge on any atom is -0.447 e. The molecule has 1 fully saturated rings. The van der Waals surface area contributed by atoms with Gasteiger partial charge in [0.15, 0.2) is 0 Å². The Hall–Kier alpha value is -3.02. The van der Waals surface area contributed by atoms with Crippen LogP contribution in [-0.2, 0) is 17.7 Å². The molecule has 2 aliphatic rings. The number of para-hydroxylation sites is 2. The van der Waals surface area contributed by atoms with Crippen molar-refractivity contribution in [1.82, 2.24) is 9.97 Å². The lowest BCUT2D eigenvalue weighted by Crippen LogP contribution is -2.33. The molecule has 0 saturated carbocycles. The molecule has 1 N–H and O–H groups in total. The van der Waals surface area contributed by atoms with Crippen LogP contribution >= 0.6 is 0 Å². The second-order valence-electron chi connectivity index (χ2n) is 6.43. The zero-order chi connectivity index (χ0) is 16.8. The van der Waals surface area contributed by atoms with E-state index in [1.54, 1.807) is 4.90 Å². The molecule has 3 aromatic rings. The number of imidazole rings is 1. The zero-order valence-corrected chi connectivity index (χ0v) is 13.7. The number of hydrogen-bond donors (Lipinski definition) is 1. The number of ether oxygens (including phenoxy) is 1. The summed E-state index contributed by atoms with van der Waals surface area (Å²) in [4.78, 5) is 24.0. The van der Waals surface area contributed by atoms with Gasteiger partial charge in [0.05, 0.1) is 23.3 Å². The summed E-state index contributed by atoms with van der Waals surface area (Å²) in [5, 5.41) is 0. The number of hydrogen-bond acceptors (Lipinski definition) is 4. The summed E-state index contributed by atoms with van der Waals surface area (Å²) in [6, 6.07) is 14.2. The normalized spacial score (nSPS) is 17.0. The maximum absolute atomic E-state index is 11.9. The van der Waals surface area contributed by atoms with E-state index in [1.165, 1.54) is 11.1 Å². The summed E-state index contributed by atoms with van der Waals surface area (Å²) in [6.45, 7) is 2.74. The van der Waals surface area contributed by atoms with Crippen LogP contribution in [0.5, 0.6) is 0 Å². The number of nitrogens with one attached hydrogen (secondary N) is 1. The molecule has 1 amide bonds. The fourth-order valence-corrected chi connectivity index (χ4v) is 3.72. The Morgan fingerprint density at radius 1 is 1.08 bits per heavy atom. The first-order valence-corrected chi connectivity index (χ1v) is 8.54. The molecule has 0 aliphatic carbocycles. The molecule has 5 rings (SSSR count). The lowest BCUT2D eigenvalue weighted by Gasteiger charge is -2.31. The molecule has 0 bridgehead atoms. The third-order valence-corrected chi connectivity index (χ3v) is 4.97. The van der Waals surface area contributed by atoms with E-state index >= 15 is 0 Å². The van der Waals surface area contributed by atoms with E-state index in [0.29, 0.717) is 13.2 Å². The van der Waals surface area contributed by atoms with Crippen molar-refractivity contribution < 1.29 is 9.53 Å². The van der Waals surface area contributed by atoms with E-state index < -0.39 is 0 Å². The number of benzene rings is 2. The molecular weight excluding hydrogens is 316 g/mol. The number of carbonyl (C=O) groups excluding carboxylic acids is 1. The second kappa shape index (κ2) is 5.51. The molecule has 1 aromatic heterocycles. The Morgan fingerprint density at radius 3 is 2.84 bits per heavy atom. The number of anilines is 2. The van der Waals surface area contributed by atoms with Crippen molar-refractivity contribution in [2.45, 2.75) is 13.0 Å². The summed E-state index contributed by atoms with van der Waals surface area (Å²) < 4.78 is 5.10. The number of nitrogens with zero attached hydrogens (tertiary/aromatic N) is 3. The number of aromatic amines is 1. The molecule has 1 saturated heterocycles. The maximum Gasteiger partial charge on any atom is 0.414 e. The van der Waals surface area contributed by atoms with Gasteiger partial charge in [-0.2, -0.15) is 0 Å². The highest BCUT2D eigenvalue weighted by atomic mass is 16.6. The average Bonchev–Trinajstić information content (AvgIpc) is 3.26. The molecule has 126 valence electrons. The number of H-pyrrole nitrogens is 1. The van der Waals surface area contributed by atoms with Crippen LogP contribution in [0.15, 0.2) is 42.5 Å². The number of aromatic nitrogens is 2. The summed E-state index contributed by atoms with van der Waals surface area (Å²) in [7, 11) is 0. The van der Waals surface area contributed by atoms with Gasteiger partial charge >= 0.3 is 6.09 Å². The first kappa shape index (κ1) is 14.3. The third-order valence-electron chi connectivity index (χ3n) is 4.97. The summed E-state index contributed by atoms with van der Waals surface area (Å²) in [5.41, 5.74) is 5.51. The van der Waals surface area contributed by atoms with E-state index in [4.69, 9.17) is 9.72 Å². The van der Waals surface area contributed by atoms with Crippen molar-refractivity contribution in [3.63, 3.8) is 0 Å². The SMILES string of the molecule is O=C1OCCN1c1cccc2c1CCN(c1nc3ccccc3[nH]1)C2. The van der Waals surface area contributed by atoms with E-state index in [0.717, 1.165) is 42.2 Å². The van der Waals surface area contributed by atoms with Gasteiger partial charge in [-0.1, -0.05) is 24.3 Å². The highest BCUT2D eigenvalue weighted by Crippen LogP contribution is 2.32. The molecule has 6 heteroatoms. The van der Waals surface area contributed by atoms with Crippen molar-refractivity contribution in [2.24, 2.45) is 0 Å².